The molecule has 0 heterocycles. The van der Waals surface area contributed by atoms with E-state index in [-0.39, 0.29) is 11.2 Å². The molecule has 0 radical (unpaired) electrons. The third-order valence-electron chi connectivity index (χ3n) is 1.10. The van der Waals surface area contributed by atoms with Crippen molar-refractivity contribution in [1.82, 2.24) is 0 Å². The number of ketones is 1. The first-order valence-electron chi connectivity index (χ1n) is 3.71. The van der Waals surface area contributed by atoms with E-state index in [0.717, 1.165) is 5.33 Å². The van der Waals surface area contributed by atoms with E-state index in [9.17, 15) is 4.79 Å². The molecule has 0 saturated carbocycles. The van der Waals surface area contributed by atoms with E-state index in [1.807, 2.05) is 6.08 Å². The average Bonchev–Trinajstić information content (AvgIpc) is 1.79. The van der Waals surface area contributed by atoms with Crippen LogP contribution in [0.1, 0.15) is 27.2 Å². The maximum absolute atomic E-state index is 11.1. The van der Waals surface area contributed by atoms with Crippen molar-refractivity contribution in [2.24, 2.45) is 5.41 Å². The molecule has 11 heavy (non-hydrogen) atoms. The van der Waals surface area contributed by atoms with Gasteiger partial charge in [-0.2, -0.15) is 0 Å². The number of allylic oxidation sites excluding steroid dienone is 2. The van der Waals surface area contributed by atoms with Gasteiger partial charge in [-0.05, 0) is 11.5 Å². The number of hydrogen-bond donors (Lipinski definition) is 0. The molecule has 0 spiro atoms. The van der Waals surface area contributed by atoms with Gasteiger partial charge < -0.3 is 0 Å². The van der Waals surface area contributed by atoms with E-state index >= 15 is 0 Å². The molecule has 0 bridgehead atoms. The lowest BCUT2D eigenvalue weighted by Gasteiger charge is -2.14. The van der Waals surface area contributed by atoms with Crippen LogP contribution in [0.2, 0.25) is 0 Å². The molecule has 0 aromatic heterocycles. The molecule has 0 unspecified atom stereocenters. The van der Waals surface area contributed by atoms with Crippen molar-refractivity contribution >= 4 is 21.7 Å². The first-order chi connectivity index (χ1) is 4.95. The Hall–Kier alpha value is -0.110. The van der Waals surface area contributed by atoms with Gasteiger partial charge in [0.2, 0.25) is 0 Å². The second-order valence-corrected chi connectivity index (χ2v) is 4.41. The van der Waals surface area contributed by atoms with E-state index in [0.29, 0.717) is 6.42 Å². The summed E-state index contributed by atoms with van der Waals surface area (Å²) in [6, 6.07) is 0. The zero-order chi connectivity index (χ0) is 8.91. The number of alkyl halides is 1. The predicted molar refractivity (Wildman–Crippen MR) is 52.0 cm³/mol. The zero-order valence-electron chi connectivity index (χ0n) is 7.36. The molecule has 1 nitrogen and oxygen atoms in total. The fourth-order valence-corrected chi connectivity index (χ4v) is 0.945. The van der Waals surface area contributed by atoms with Crippen molar-refractivity contribution in [2.75, 3.05) is 5.33 Å². The highest BCUT2D eigenvalue weighted by molar-refractivity contribution is 9.09. The lowest BCUT2D eigenvalue weighted by Crippen LogP contribution is -2.10. The molecule has 0 aromatic rings. The van der Waals surface area contributed by atoms with E-state index in [4.69, 9.17) is 0 Å². The molecule has 0 aliphatic rings. The van der Waals surface area contributed by atoms with E-state index in [1.54, 1.807) is 6.08 Å². The third-order valence-corrected chi connectivity index (χ3v) is 1.47. The minimum atomic E-state index is 0.105. The first kappa shape index (κ1) is 10.9. The molecule has 0 N–H and O–H groups in total. The molecule has 0 atom stereocenters. The summed E-state index contributed by atoms with van der Waals surface area (Å²) in [5.41, 5.74) is 0.105. The van der Waals surface area contributed by atoms with Gasteiger partial charge >= 0.3 is 0 Å². The molecule has 0 amide bonds. The molecule has 0 saturated heterocycles. The summed E-state index contributed by atoms with van der Waals surface area (Å²) in [7, 11) is 0. The standard InChI is InChI=1S/C9H15BrO/c1-9(2,3)7-8(11)5-4-6-10/h4-5H,6-7H2,1-3H3. The van der Waals surface area contributed by atoms with E-state index in [2.05, 4.69) is 36.7 Å². The highest BCUT2D eigenvalue weighted by Crippen LogP contribution is 2.18. The van der Waals surface area contributed by atoms with E-state index in [1.165, 1.54) is 0 Å². The summed E-state index contributed by atoms with van der Waals surface area (Å²) in [6.45, 7) is 6.19. The molecular formula is C9H15BrO. The summed E-state index contributed by atoms with van der Waals surface area (Å²) in [5.74, 6) is 0.206. The topological polar surface area (TPSA) is 17.1 Å². The van der Waals surface area contributed by atoms with Crippen LogP contribution in [0.4, 0.5) is 0 Å². The SMILES string of the molecule is CC(C)(C)CC(=O)C=CCBr. The summed E-state index contributed by atoms with van der Waals surface area (Å²) in [4.78, 5) is 11.1. The Morgan fingerprint density at radius 2 is 2.00 bits per heavy atom. The van der Waals surface area contributed by atoms with Gasteiger partial charge in [-0.1, -0.05) is 42.8 Å². The molecule has 2 heteroatoms. The van der Waals surface area contributed by atoms with Gasteiger partial charge in [0.05, 0.1) is 0 Å². The first-order valence-corrected chi connectivity index (χ1v) is 4.83. The molecule has 0 aliphatic heterocycles. The van der Waals surface area contributed by atoms with Crippen molar-refractivity contribution in [3.05, 3.63) is 12.2 Å². The minimum absolute atomic E-state index is 0.105. The number of carbonyl (C=O) groups is 1. The monoisotopic (exact) mass is 218 g/mol. The summed E-state index contributed by atoms with van der Waals surface area (Å²) in [6.07, 6.45) is 4.09. The Balaban J connectivity index is 3.80. The molecular weight excluding hydrogens is 204 g/mol. The zero-order valence-corrected chi connectivity index (χ0v) is 8.94. The molecule has 0 rings (SSSR count). The van der Waals surface area contributed by atoms with E-state index < -0.39 is 0 Å². The van der Waals surface area contributed by atoms with Crippen molar-refractivity contribution in [3.63, 3.8) is 0 Å². The van der Waals surface area contributed by atoms with Crippen LogP contribution in [0.3, 0.4) is 0 Å². The molecule has 64 valence electrons. The van der Waals surface area contributed by atoms with Gasteiger partial charge in [-0.15, -0.1) is 0 Å². The van der Waals surface area contributed by atoms with Crippen LogP contribution >= 0.6 is 15.9 Å². The van der Waals surface area contributed by atoms with Crippen molar-refractivity contribution in [3.8, 4) is 0 Å². The Morgan fingerprint density at radius 1 is 1.45 bits per heavy atom. The third kappa shape index (κ3) is 7.79. The Kier molecular flexibility index (Phi) is 4.66. The van der Waals surface area contributed by atoms with Gasteiger partial charge in [-0.3, -0.25) is 4.79 Å². The second-order valence-electron chi connectivity index (χ2n) is 3.76. The summed E-state index contributed by atoms with van der Waals surface area (Å²) >= 11 is 3.22. The normalized spacial score (nSPS) is 12.4. The fraction of sp³-hybridized carbons (Fsp3) is 0.667. The van der Waals surface area contributed by atoms with Crippen molar-refractivity contribution in [1.29, 1.82) is 0 Å². The number of carbonyl (C=O) groups excluding carboxylic acids is 1. The molecule has 0 fully saturated rings. The highest BCUT2D eigenvalue weighted by Gasteiger charge is 2.13. The number of rotatable bonds is 3. The van der Waals surface area contributed by atoms with Crippen molar-refractivity contribution < 1.29 is 4.79 Å². The van der Waals surface area contributed by atoms with Gasteiger partial charge in [0, 0.05) is 11.8 Å². The number of halogens is 1. The van der Waals surface area contributed by atoms with Crippen LogP contribution in [0.15, 0.2) is 12.2 Å². The minimum Gasteiger partial charge on any atom is -0.295 e. The van der Waals surface area contributed by atoms with Gasteiger partial charge in [0.1, 0.15) is 0 Å². The van der Waals surface area contributed by atoms with Crippen molar-refractivity contribution in [2.45, 2.75) is 27.2 Å². The van der Waals surface area contributed by atoms with Crippen LogP contribution in [-0.2, 0) is 4.79 Å². The van der Waals surface area contributed by atoms with Crippen LogP contribution in [0, 0.1) is 5.41 Å². The lowest BCUT2D eigenvalue weighted by molar-refractivity contribution is -0.116. The van der Waals surface area contributed by atoms with Gasteiger partial charge in [0.25, 0.3) is 0 Å². The summed E-state index contributed by atoms with van der Waals surface area (Å²) in [5, 5.41) is 0.753. The Bertz CT molecular complexity index is 153. The maximum Gasteiger partial charge on any atom is 0.155 e. The highest BCUT2D eigenvalue weighted by atomic mass is 79.9. The average molecular weight is 219 g/mol. The molecule has 0 aromatic carbocycles. The second kappa shape index (κ2) is 4.70. The largest absolute Gasteiger partial charge is 0.295 e. The fourth-order valence-electron chi connectivity index (χ4n) is 0.758. The predicted octanol–water partition coefficient (Wildman–Crippen LogP) is 2.94. The summed E-state index contributed by atoms with van der Waals surface area (Å²) < 4.78 is 0. The Morgan fingerprint density at radius 3 is 2.36 bits per heavy atom. The van der Waals surface area contributed by atoms with Crippen LogP contribution in [0.5, 0.6) is 0 Å². The van der Waals surface area contributed by atoms with Gasteiger partial charge in [-0.25, -0.2) is 0 Å². The lowest BCUT2D eigenvalue weighted by atomic mass is 9.90. The number of hydrogen-bond acceptors (Lipinski definition) is 1. The maximum atomic E-state index is 11.1. The Labute approximate surface area is 77.0 Å². The van der Waals surface area contributed by atoms with Crippen LogP contribution < -0.4 is 0 Å². The smallest absolute Gasteiger partial charge is 0.155 e. The van der Waals surface area contributed by atoms with Gasteiger partial charge in [0.15, 0.2) is 5.78 Å². The van der Waals surface area contributed by atoms with Crippen LogP contribution in [-0.4, -0.2) is 11.1 Å². The quantitative estimate of drug-likeness (QED) is 0.526. The van der Waals surface area contributed by atoms with Crippen LogP contribution in [0.25, 0.3) is 0 Å². The molecule has 0 aliphatic carbocycles.